The molecule has 0 amide bonds. The first-order valence-electron chi connectivity index (χ1n) is 10.5. The van der Waals surface area contributed by atoms with Gasteiger partial charge in [-0.05, 0) is 42.2 Å². The van der Waals surface area contributed by atoms with E-state index >= 15 is 0 Å². The lowest BCUT2D eigenvalue weighted by Gasteiger charge is -2.14. The molecule has 0 unspecified atom stereocenters. The molecule has 0 N–H and O–H groups in total. The Balaban J connectivity index is 1.96. The fourth-order valence-corrected chi connectivity index (χ4v) is 3.92. The molecule has 166 valence electrons. The molecule has 4 rings (SSSR count). The summed E-state index contributed by atoms with van der Waals surface area (Å²) in [4.78, 5) is 31.3. The summed E-state index contributed by atoms with van der Waals surface area (Å²) in [6, 6.07) is 14.7. The van der Waals surface area contributed by atoms with Gasteiger partial charge in [-0.3, -0.25) is 9.36 Å². The minimum absolute atomic E-state index is 0.289. The van der Waals surface area contributed by atoms with Crippen molar-refractivity contribution >= 4 is 22.8 Å². The van der Waals surface area contributed by atoms with Crippen LogP contribution in [0.3, 0.4) is 0 Å². The Morgan fingerprint density at radius 1 is 1.09 bits per heavy atom. The first kappa shape index (κ1) is 21.9. The molecule has 0 aliphatic heterocycles. The highest BCUT2D eigenvalue weighted by Crippen LogP contribution is 2.22. The van der Waals surface area contributed by atoms with Crippen molar-refractivity contribution < 1.29 is 4.74 Å². The molecular weight excluding hydrogens is 428 g/mol. The summed E-state index contributed by atoms with van der Waals surface area (Å²) in [5.41, 5.74) is 1.30. The second kappa shape index (κ2) is 9.04. The van der Waals surface area contributed by atoms with Gasteiger partial charge < -0.3 is 9.30 Å². The Morgan fingerprint density at radius 2 is 1.88 bits per heavy atom. The van der Waals surface area contributed by atoms with Gasteiger partial charge in [0.1, 0.15) is 5.75 Å². The van der Waals surface area contributed by atoms with Crippen molar-refractivity contribution in [3.63, 3.8) is 0 Å². The molecule has 0 bridgehead atoms. The number of fused-ring (bicyclic) bond motifs is 1. The number of ether oxygens (including phenoxy) is 1. The molecule has 7 nitrogen and oxygen atoms in total. The van der Waals surface area contributed by atoms with E-state index in [0.717, 1.165) is 11.3 Å². The summed E-state index contributed by atoms with van der Waals surface area (Å²) in [5, 5.41) is 0.410. The molecule has 0 spiro atoms. The number of para-hydroxylation sites is 1. The first-order valence-corrected chi connectivity index (χ1v) is 10.9. The quantitative estimate of drug-likeness (QED) is 0.423. The predicted octanol–water partition coefficient (Wildman–Crippen LogP) is 4.11. The fraction of sp³-hybridized carbons (Fsp3) is 0.292. The molecule has 0 atom stereocenters. The number of nitrogens with zero attached hydrogens (tertiary/aromatic N) is 4. The van der Waals surface area contributed by atoms with Crippen LogP contribution in [0.2, 0.25) is 5.02 Å². The van der Waals surface area contributed by atoms with Crippen LogP contribution in [-0.4, -0.2) is 25.8 Å². The predicted molar refractivity (Wildman–Crippen MR) is 126 cm³/mol. The lowest BCUT2D eigenvalue weighted by atomic mass is 10.1. The Kier molecular flexibility index (Phi) is 6.19. The second-order valence-electron chi connectivity index (χ2n) is 8.10. The minimum atomic E-state index is -0.442. The average Bonchev–Trinajstić information content (AvgIpc) is 3.18. The van der Waals surface area contributed by atoms with Gasteiger partial charge in [0.15, 0.2) is 11.2 Å². The Bertz CT molecular complexity index is 1380. The maximum Gasteiger partial charge on any atom is 0.337 e. The molecule has 0 saturated heterocycles. The standard InChI is InChI=1S/C24H25ClN4O3/c1-16(2)11-12-28-23(30)21-22(29(24(28)31)20-10-5-4-9-19(20)25)26-15-27(21)14-17-7-6-8-18(13-17)32-3/h4-10,13,15-16H,11-12,14H2,1-3H3. The van der Waals surface area contributed by atoms with Gasteiger partial charge >= 0.3 is 5.69 Å². The molecule has 0 aliphatic rings. The molecule has 0 aliphatic carbocycles. The number of rotatable bonds is 7. The molecule has 0 fully saturated rings. The monoisotopic (exact) mass is 452 g/mol. The lowest BCUT2D eigenvalue weighted by Crippen LogP contribution is -2.40. The van der Waals surface area contributed by atoms with Crippen molar-refractivity contribution in [1.29, 1.82) is 0 Å². The number of benzene rings is 2. The van der Waals surface area contributed by atoms with Gasteiger partial charge in [-0.1, -0.05) is 49.7 Å². The van der Waals surface area contributed by atoms with Gasteiger partial charge in [0.05, 0.1) is 24.1 Å². The van der Waals surface area contributed by atoms with Crippen LogP contribution >= 0.6 is 11.6 Å². The van der Waals surface area contributed by atoms with Gasteiger partial charge in [0.25, 0.3) is 5.56 Å². The van der Waals surface area contributed by atoms with E-state index in [1.54, 1.807) is 42.3 Å². The number of hydrogen-bond donors (Lipinski definition) is 0. The molecule has 2 aromatic carbocycles. The highest BCUT2D eigenvalue weighted by Gasteiger charge is 2.20. The minimum Gasteiger partial charge on any atom is -0.497 e. The zero-order chi connectivity index (χ0) is 22.8. The SMILES string of the molecule is COc1cccc(Cn2cnc3c2c(=O)n(CCC(C)C)c(=O)n3-c2ccccc2Cl)c1. The fourth-order valence-electron chi connectivity index (χ4n) is 3.70. The maximum absolute atomic E-state index is 13.5. The van der Waals surface area contributed by atoms with Crippen molar-refractivity contribution in [3.05, 3.63) is 86.3 Å². The van der Waals surface area contributed by atoms with Crippen LogP contribution in [0.25, 0.3) is 16.9 Å². The van der Waals surface area contributed by atoms with Crippen LogP contribution in [0.1, 0.15) is 25.8 Å². The van der Waals surface area contributed by atoms with Gasteiger partial charge in [0.2, 0.25) is 0 Å². The molecular formula is C24H25ClN4O3. The average molecular weight is 453 g/mol. The van der Waals surface area contributed by atoms with Gasteiger partial charge in [-0.15, -0.1) is 0 Å². The normalized spacial score (nSPS) is 11.4. The summed E-state index contributed by atoms with van der Waals surface area (Å²) in [7, 11) is 1.61. The molecule has 2 aromatic heterocycles. The van der Waals surface area contributed by atoms with Crippen molar-refractivity contribution in [2.45, 2.75) is 33.4 Å². The van der Waals surface area contributed by atoms with Gasteiger partial charge in [0, 0.05) is 13.1 Å². The zero-order valence-electron chi connectivity index (χ0n) is 18.3. The molecule has 8 heteroatoms. The molecule has 0 saturated carbocycles. The number of hydrogen-bond acceptors (Lipinski definition) is 4. The summed E-state index contributed by atoms with van der Waals surface area (Å²) >= 11 is 6.43. The van der Waals surface area contributed by atoms with Crippen LogP contribution in [-0.2, 0) is 13.1 Å². The van der Waals surface area contributed by atoms with Crippen LogP contribution in [0.5, 0.6) is 5.75 Å². The summed E-state index contributed by atoms with van der Waals surface area (Å²) < 4.78 is 9.80. The summed E-state index contributed by atoms with van der Waals surface area (Å²) in [6.07, 6.45) is 2.29. The van der Waals surface area contributed by atoms with Crippen LogP contribution in [0.4, 0.5) is 0 Å². The van der Waals surface area contributed by atoms with Crippen LogP contribution in [0, 0.1) is 5.92 Å². The Hall–Kier alpha value is -3.32. The van der Waals surface area contributed by atoms with Gasteiger partial charge in [-0.2, -0.15) is 0 Å². The molecule has 0 radical (unpaired) electrons. The van der Waals surface area contributed by atoms with Crippen molar-refractivity contribution in [2.24, 2.45) is 5.92 Å². The van der Waals surface area contributed by atoms with E-state index in [0.29, 0.717) is 41.7 Å². The summed E-state index contributed by atoms with van der Waals surface area (Å²) in [6.45, 7) is 4.85. The van der Waals surface area contributed by atoms with E-state index in [-0.39, 0.29) is 11.2 Å². The Morgan fingerprint density at radius 3 is 2.59 bits per heavy atom. The van der Waals surface area contributed by atoms with E-state index in [2.05, 4.69) is 18.8 Å². The topological polar surface area (TPSA) is 71.1 Å². The molecule has 32 heavy (non-hydrogen) atoms. The first-order chi connectivity index (χ1) is 15.4. The van der Waals surface area contributed by atoms with Crippen molar-refractivity contribution in [3.8, 4) is 11.4 Å². The van der Waals surface area contributed by atoms with Crippen molar-refractivity contribution in [2.75, 3.05) is 7.11 Å². The van der Waals surface area contributed by atoms with E-state index in [9.17, 15) is 9.59 Å². The van der Waals surface area contributed by atoms with Gasteiger partial charge in [-0.25, -0.2) is 14.3 Å². The van der Waals surface area contributed by atoms with E-state index < -0.39 is 5.69 Å². The zero-order valence-corrected chi connectivity index (χ0v) is 19.0. The highest BCUT2D eigenvalue weighted by molar-refractivity contribution is 6.32. The number of imidazole rings is 1. The summed E-state index contributed by atoms with van der Waals surface area (Å²) in [5.74, 6) is 1.07. The number of methoxy groups -OCH3 is 1. The van der Waals surface area contributed by atoms with Crippen LogP contribution < -0.4 is 16.0 Å². The number of halogens is 1. The third kappa shape index (κ3) is 4.08. The van der Waals surface area contributed by atoms with Crippen molar-refractivity contribution in [1.82, 2.24) is 18.7 Å². The van der Waals surface area contributed by atoms with E-state index in [4.69, 9.17) is 16.3 Å². The van der Waals surface area contributed by atoms with E-state index in [1.807, 2.05) is 24.3 Å². The second-order valence-corrected chi connectivity index (χ2v) is 8.51. The lowest BCUT2D eigenvalue weighted by molar-refractivity contribution is 0.414. The largest absolute Gasteiger partial charge is 0.497 e. The van der Waals surface area contributed by atoms with E-state index in [1.165, 1.54) is 9.13 Å². The molecule has 4 aromatic rings. The maximum atomic E-state index is 13.5. The molecule has 2 heterocycles. The third-order valence-electron chi connectivity index (χ3n) is 5.41. The smallest absolute Gasteiger partial charge is 0.337 e. The Labute approximate surface area is 190 Å². The third-order valence-corrected chi connectivity index (χ3v) is 5.73. The highest BCUT2D eigenvalue weighted by atomic mass is 35.5. The van der Waals surface area contributed by atoms with Crippen LogP contribution in [0.15, 0.2) is 64.4 Å². The number of aromatic nitrogens is 4.